The zero-order valence-corrected chi connectivity index (χ0v) is 36.2. The molecule has 0 N–H and O–H groups in total. The Bertz CT molecular complexity index is 1220. The molecule has 49 heavy (non-hydrogen) atoms. The number of carbonyl (C=O) groups excluding carboxylic acids is 3. The predicted molar refractivity (Wildman–Crippen MR) is 223 cm³/mol. The van der Waals surface area contributed by atoms with E-state index in [-0.39, 0.29) is 17.9 Å². The molecular weight excluding hydrogens is 669 g/mol. The zero-order valence-electron chi connectivity index (χ0n) is 33.5. The van der Waals surface area contributed by atoms with Crippen LogP contribution in [0.1, 0.15) is 109 Å². The van der Waals surface area contributed by atoms with Gasteiger partial charge in [0.15, 0.2) is 0 Å². The van der Waals surface area contributed by atoms with Crippen molar-refractivity contribution in [3.05, 3.63) is 71.8 Å². The van der Waals surface area contributed by atoms with E-state index in [9.17, 15) is 14.4 Å². The minimum absolute atomic E-state index is 0.109. The van der Waals surface area contributed by atoms with Gasteiger partial charge in [-0.05, 0) is 0 Å². The van der Waals surface area contributed by atoms with E-state index >= 15 is 0 Å². The van der Waals surface area contributed by atoms with Crippen LogP contribution in [0.5, 0.6) is 0 Å². The van der Waals surface area contributed by atoms with E-state index in [0.29, 0.717) is 11.1 Å². The molecule has 0 aliphatic heterocycles. The average molecular weight is 743 g/mol. The number of carbonyl (C=O) groups is 3. The fraction of sp³-hybridized carbons (Fsp3) is 0.625. The molecule has 0 saturated carbocycles. The van der Waals surface area contributed by atoms with Crippen molar-refractivity contribution in [1.82, 2.24) is 0 Å². The monoisotopic (exact) mass is 742 g/mol. The molecule has 0 radical (unpaired) electrons. The van der Waals surface area contributed by atoms with E-state index in [0.717, 1.165) is 75.0 Å². The van der Waals surface area contributed by atoms with Crippen molar-refractivity contribution >= 4 is 38.4 Å². The molecule has 0 unspecified atom stereocenters. The van der Waals surface area contributed by atoms with Crippen molar-refractivity contribution < 1.29 is 28.0 Å². The summed E-state index contributed by atoms with van der Waals surface area (Å²) in [6.07, 6.45) is 12.6. The van der Waals surface area contributed by atoms with Crippen LogP contribution in [0.25, 0.3) is 0 Å². The summed E-state index contributed by atoms with van der Waals surface area (Å²) in [6, 6.07) is 18.8. The second-order valence-electron chi connectivity index (χ2n) is 15.4. The minimum atomic E-state index is -2.43. The van der Waals surface area contributed by atoms with Crippen molar-refractivity contribution in [2.45, 2.75) is 88.0 Å². The molecule has 0 amide bonds. The first-order valence-electron chi connectivity index (χ1n) is 18.6. The van der Waals surface area contributed by atoms with E-state index in [4.69, 9.17) is 13.6 Å². The first-order chi connectivity index (χ1) is 22.8. The van der Waals surface area contributed by atoms with Gasteiger partial charge in [0, 0.05) is 0 Å². The van der Waals surface area contributed by atoms with Gasteiger partial charge >= 0.3 is 302 Å². The summed E-state index contributed by atoms with van der Waals surface area (Å²) in [5.74, 6) is -0.439. The molecular formula is C40H73O6P3. The van der Waals surface area contributed by atoms with Crippen LogP contribution in [0.3, 0.4) is 0 Å². The van der Waals surface area contributed by atoms with E-state index in [2.05, 4.69) is 55.4 Å². The Morgan fingerprint density at radius 1 is 0.469 bits per heavy atom. The summed E-state index contributed by atoms with van der Waals surface area (Å²) < 4.78 is 17.7. The van der Waals surface area contributed by atoms with Crippen molar-refractivity contribution in [1.29, 1.82) is 0 Å². The Labute approximate surface area is 301 Å². The van der Waals surface area contributed by atoms with E-state index in [1.807, 2.05) is 87.3 Å². The third-order valence-corrected chi connectivity index (χ3v) is 24.6. The van der Waals surface area contributed by atoms with Gasteiger partial charge in [-0.1, -0.05) is 0 Å². The Hall–Kier alpha value is -1.86. The molecule has 0 atom stereocenters. The van der Waals surface area contributed by atoms with Gasteiger partial charge in [-0.3, -0.25) is 0 Å². The standard InChI is InChI=1S/C19H33O2P.C15H25O2P.C6H15O2P/c1-5-14-22(15-6-2,16-7-3,17-8-4)21-19(20)18-12-10-9-11-13-18;1-5-18(6-2,7-3,8-4)17-15(16)14-12-10-9-11-13-14;1-6(7)8-9(2,3,4)5/h9-13H,5-8,14-17H2,1-4H3;9-13H,5-8H2,1-4H3;1-5H3. The maximum absolute atomic E-state index is 12.8. The van der Waals surface area contributed by atoms with Gasteiger partial charge in [-0.25, -0.2) is 0 Å². The van der Waals surface area contributed by atoms with Gasteiger partial charge in [0.2, 0.25) is 0 Å². The third-order valence-electron chi connectivity index (χ3n) is 9.55. The van der Waals surface area contributed by atoms with Crippen molar-refractivity contribution in [3.8, 4) is 0 Å². The summed E-state index contributed by atoms with van der Waals surface area (Å²) in [5, 5.41) is 0. The fourth-order valence-corrected chi connectivity index (χ4v) is 18.6. The van der Waals surface area contributed by atoms with Gasteiger partial charge in [0.1, 0.15) is 0 Å². The number of rotatable bonds is 17. The summed E-state index contributed by atoms with van der Waals surface area (Å²) in [5.41, 5.74) is 1.35. The van der Waals surface area contributed by atoms with Crippen LogP contribution >= 0.6 is 20.5 Å². The maximum atomic E-state index is 12.8. The van der Waals surface area contributed by atoms with Gasteiger partial charge in [0.05, 0.1) is 0 Å². The molecule has 0 aliphatic carbocycles. The topological polar surface area (TPSA) is 78.9 Å². The molecule has 6 nitrogen and oxygen atoms in total. The number of hydrogen-bond acceptors (Lipinski definition) is 6. The molecule has 0 spiro atoms. The van der Waals surface area contributed by atoms with Gasteiger partial charge in [0.25, 0.3) is 0 Å². The van der Waals surface area contributed by atoms with Crippen molar-refractivity contribution in [3.63, 3.8) is 0 Å². The van der Waals surface area contributed by atoms with Crippen LogP contribution in [0.4, 0.5) is 0 Å². The van der Waals surface area contributed by atoms with Crippen LogP contribution in [0, 0.1) is 0 Å². The van der Waals surface area contributed by atoms with Crippen LogP contribution < -0.4 is 0 Å². The van der Waals surface area contributed by atoms with Gasteiger partial charge < -0.3 is 0 Å². The summed E-state index contributed by atoms with van der Waals surface area (Å²) in [6.45, 7) is 20.2. The molecule has 0 bridgehead atoms. The van der Waals surface area contributed by atoms with Crippen molar-refractivity contribution in [2.24, 2.45) is 0 Å². The Morgan fingerprint density at radius 3 is 0.959 bits per heavy atom. The first-order valence-corrected chi connectivity index (χ1v) is 28.3. The SMILES string of the molecule is CC(=O)OP(C)(C)(C)C.CCCP(CCC)(CCC)(CCC)OC(=O)c1ccccc1.CCP(CC)(CC)(CC)OC(=O)c1ccccc1. The van der Waals surface area contributed by atoms with Crippen LogP contribution in [0.2, 0.25) is 0 Å². The predicted octanol–water partition coefficient (Wildman–Crippen LogP) is 11.9. The van der Waals surface area contributed by atoms with Crippen molar-refractivity contribution in [2.75, 3.05) is 76.0 Å². The fourth-order valence-electron chi connectivity index (χ4n) is 6.95. The van der Waals surface area contributed by atoms with Crippen LogP contribution in [-0.2, 0) is 18.4 Å². The third kappa shape index (κ3) is 15.5. The normalized spacial score (nSPS) is 13.9. The molecule has 0 aliphatic rings. The second-order valence-corrected chi connectivity index (χ2v) is 34.5. The molecule has 0 heterocycles. The molecule has 0 aromatic heterocycles. The average Bonchev–Trinajstić information content (AvgIpc) is 3.04. The zero-order chi connectivity index (χ0) is 37.9. The molecule has 0 saturated heterocycles. The Kier molecular flexibility index (Phi) is 19.5. The number of benzene rings is 2. The quantitative estimate of drug-likeness (QED) is 0.150. The Morgan fingerprint density at radius 2 is 0.755 bits per heavy atom. The van der Waals surface area contributed by atoms with E-state index in [1.165, 1.54) is 6.92 Å². The molecule has 0 fully saturated rings. The van der Waals surface area contributed by atoms with Gasteiger partial charge in [-0.2, -0.15) is 0 Å². The van der Waals surface area contributed by atoms with Crippen LogP contribution in [0.15, 0.2) is 60.7 Å². The molecule has 2 rings (SSSR count). The molecule has 284 valence electrons. The molecule has 2 aromatic carbocycles. The van der Waals surface area contributed by atoms with Crippen LogP contribution in [-0.4, -0.2) is 93.9 Å². The van der Waals surface area contributed by atoms with Gasteiger partial charge in [-0.15, -0.1) is 0 Å². The summed E-state index contributed by atoms with van der Waals surface area (Å²) in [7, 11) is 0. The van der Waals surface area contributed by atoms with E-state index in [1.54, 1.807) is 0 Å². The summed E-state index contributed by atoms with van der Waals surface area (Å²) >= 11 is 0. The second kappa shape index (κ2) is 20.2. The molecule has 2 aromatic rings. The Balaban J connectivity index is 0.000000766. The van der Waals surface area contributed by atoms with E-state index < -0.39 is 20.5 Å². The first kappa shape index (κ1) is 47.1. The number of hydrogen-bond donors (Lipinski definition) is 0. The summed E-state index contributed by atoms with van der Waals surface area (Å²) in [4.78, 5) is 35.6. The molecule has 9 heteroatoms.